The molecule has 2 N–H and O–H groups in total. The lowest BCUT2D eigenvalue weighted by atomic mass is 9.95. The molecule has 1 atom stereocenters. The quantitative estimate of drug-likeness (QED) is 0.752. The van der Waals surface area contributed by atoms with Gasteiger partial charge in [0.05, 0.1) is 13.2 Å². The van der Waals surface area contributed by atoms with E-state index in [1.165, 1.54) is 0 Å². The molecule has 0 aliphatic carbocycles. The van der Waals surface area contributed by atoms with Crippen molar-refractivity contribution in [2.75, 3.05) is 38.2 Å². The fourth-order valence-electron chi connectivity index (χ4n) is 3.22. The molecule has 0 aromatic heterocycles. The first-order valence-electron chi connectivity index (χ1n) is 10.2. The van der Waals surface area contributed by atoms with Gasteiger partial charge in [-0.05, 0) is 30.5 Å². The van der Waals surface area contributed by atoms with Crippen LogP contribution in [0.3, 0.4) is 0 Å². The highest BCUT2D eigenvalue weighted by molar-refractivity contribution is 5.98. The maximum absolute atomic E-state index is 12.7. The Balaban J connectivity index is 1.98. The van der Waals surface area contributed by atoms with Crippen LogP contribution in [0, 0.1) is 11.3 Å². The number of amides is 2. The van der Waals surface area contributed by atoms with E-state index in [0.29, 0.717) is 29.8 Å². The molecule has 1 heterocycles. The number of hydrogen-bond acceptors (Lipinski definition) is 4. The van der Waals surface area contributed by atoms with Crippen molar-refractivity contribution in [1.29, 1.82) is 0 Å². The van der Waals surface area contributed by atoms with Crippen LogP contribution in [0.1, 0.15) is 51.4 Å². The summed E-state index contributed by atoms with van der Waals surface area (Å²) in [6.45, 7) is 13.9. The van der Waals surface area contributed by atoms with E-state index in [1.807, 2.05) is 20.8 Å². The summed E-state index contributed by atoms with van der Waals surface area (Å²) in [7, 11) is 0. The van der Waals surface area contributed by atoms with Gasteiger partial charge in [-0.3, -0.25) is 14.5 Å². The molecule has 6 heteroatoms. The van der Waals surface area contributed by atoms with Gasteiger partial charge >= 0.3 is 0 Å². The molecule has 1 aliphatic heterocycles. The minimum absolute atomic E-state index is 0.0747. The molecule has 0 spiro atoms. The molecule has 1 unspecified atom stereocenters. The number of benzene rings is 1. The van der Waals surface area contributed by atoms with Crippen LogP contribution in [0.25, 0.3) is 0 Å². The zero-order valence-electron chi connectivity index (χ0n) is 17.9. The van der Waals surface area contributed by atoms with Gasteiger partial charge in [-0.1, -0.05) is 40.7 Å². The Labute approximate surface area is 169 Å². The Morgan fingerprint density at radius 3 is 2.46 bits per heavy atom. The number of rotatable bonds is 7. The molecule has 28 heavy (non-hydrogen) atoms. The SMILES string of the molecule is CC(C)CC(CNC(=O)c1cccc(NC(=O)C(C)(C)C)c1)N1CCOCC1. The maximum Gasteiger partial charge on any atom is 0.251 e. The van der Waals surface area contributed by atoms with Gasteiger partial charge in [0, 0.05) is 42.3 Å². The molecular formula is C22H35N3O3. The maximum atomic E-state index is 12.7. The van der Waals surface area contributed by atoms with E-state index in [4.69, 9.17) is 4.74 Å². The Bertz CT molecular complexity index is 661. The molecule has 156 valence electrons. The number of nitrogens with one attached hydrogen (secondary N) is 2. The van der Waals surface area contributed by atoms with Crippen molar-refractivity contribution in [3.63, 3.8) is 0 Å². The third kappa shape index (κ3) is 6.91. The Hall–Kier alpha value is -1.92. The van der Waals surface area contributed by atoms with E-state index in [0.717, 1.165) is 32.7 Å². The molecular weight excluding hydrogens is 354 g/mol. The number of morpholine rings is 1. The predicted octanol–water partition coefficient (Wildman–Crippen LogP) is 3.15. The lowest BCUT2D eigenvalue weighted by Crippen LogP contribution is -2.49. The molecule has 2 rings (SSSR count). The van der Waals surface area contributed by atoms with Crippen molar-refractivity contribution in [3.8, 4) is 0 Å². The molecule has 1 aliphatic rings. The Kier molecular flexibility index (Phi) is 8.01. The van der Waals surface area contributed by atoms with Crippen LogP contribution in [0.5, 0.6) is 0 Å². The van der Waals surface area contributed by atoms with E-state index in [9.17, 15) is 9.59 Å². The van der Waals surface area contributed by atoms with Crippen molar-refractivity contribution in [3.05, 3.63) is 29.8 Å². The second kappa shape index (κ2) is 10.0. The summed E-state index contributed by atoms with van der Waals surface area (Å²) in [6.07, 6.45) is 1.03. The molecule has 0 radical (unpaired) electrons. The van der Waals surface area contributed by atoms with Crippen LogP contribution >= 0.6 is 0 Å². The average molecular weight is 390 g/mol. The largest absolute Gasteiger partial charge is 0.379 e. The molecule has 0 saturated carbocycles. The summed E-state index contributed by atoms with van der Waals surface area (Å²) in [5.74, 6) is 0.365. The fraction of sp³-hybridized carbons (Fsp3) is 0.636. The van der Waals surface area contributed by atoms with Gasteiger partial charge in [-0.15, -0.1) is 0 Å². The molecule has 0 bridgehead atoms. The van der Waals surface area contributed by atoms with Gasteiger partial charge < -0.3 is 15.4 Å². The summed E-state index contributed by atoms with van der Waals surface area (Å²) in [5.41, 5.74) is 0.706. The summed E-state index contributed by atoms with van der Waals surface area (Å²) >= 11 is 0. The fourth-order valence-corrected chi connectivity index (χ4v) is 3.22. The van der Waals surface area contributed by atoms with Crippen molar-refractivity contribution in [2.45, 2.75) is 47.1 Å². The highest BCUT2D eigenvalue weighted by Gasteiger charge is 2.23. The van der Waals surface area contributed by atoms with Crippen molar-refractivity contribution in [2.24, 2.45) is 11.3 Å². The number of anilines is 1. The van der Waals surface area contributed by atoms with Gasteiger partial charge in [0.15, 0.2) is 0 Å². The van der Waals surface area contributed by atoms with Crippen molar-refractivity contribution in [1.82, 2.24) is 10.2 Å². The standard InChI is InChI=1S/C22H35N3O3/c1-16(2)13-19(25-9-11-28-12-10-25)15-23-20(26)17-7-6-8-18(14-17)24-21(27)22(3,4)5/h6-8,14,16,19H,9-13,15H2,1-5H3,(H,23,26)(H,24,27). The van der Waals surface area contributed by atoms with Crippen LogP contribution in [0.4, 0.5) is 5.69 Å². The van der Waals surface area contributed by atoms with Crippen molar-refractivity contribution >= 4 is 17.5 Å². The summed E-state index contributed by atoms with van der Waals surface area (Å²) < 4.78 is 5.45. The molecule has 1 fully saturated rings. The monoisotopic (exact) mass is 389 g/mol. The summed E-state index contributed by atoms with van der Waals surface area (Å²) in [6, 6.07) is 7.40. The van der Waals surface area contributed by atoms with Crippen LogP contribution in [0.15, 0.2) is 24.3 Å². The lowest BCUT2D eigenvalue weighted by Gasteiger charge is -2.35. The zero-order valence-corrected chi connectivity index (χ0v) is 17.9. The first kappa shape index (κ1) is 22.4. The van der Waals surface area contributed by atoms with Gasteiger partial charge in [-0.2, -0.15) is 0 Å². The summed E-state index contributed by atoms with van der Waals surface area (Å²) in [5, 5.41) is 5.96. The zero-order chi connectivity index (χ0) is 20.7. The number of carbonyl (C=O) groups excluding carboxylic acids is 2. The van der Waals surface area contributed by atoms with E-state index >= 15 is 0 Å². The Morgan fingerprint density at radius 2 is 1.86 bits per heavy atom. The van der Waals surface area contributed by atoms with Gasteiger partial charge in [0.1, 0.15) is 0 Å². The van der Waals surface area contributed by atoms with Crippen LogP contribution in [-0.2, 0) is 9.53 Å². The van der Waals surface area contributed by atoms with Crippen LogP contribution in [0.2, 0.25) is 0 Å². The normalized spacial score (nSPS) is 16.6. The second-order valence-corrected chi connectivity index (χ2v) is 8.93. The third-order valence-corrected chi connectivity index (χ3v) is 4.87. The number of nitrogens with zero attached hydrogens (tertiary/aromatic N) is 1. The number of carbonyl (C=O) groups is 2. The molecule has 1 saturated heterocycles. The molecule has 1 aromatic rings. The van der Waals surface area contributed by atoms with Gasteiger partial charge in [-0.25, -0.2) is 0 Å². The minimum Gasteiger partial charge on any atom is -0.379 e. The highest BCUT2D eigenvalue weighted by Crippen LogP contribution is 2.18. The molecule has 6 nitrogen and oxygen atoms in total. The third-order valence-electron chi connectivity index (χ3n) is 4.87. The van der Waals surface area contributed by atoms with E-state index in [1.54, 1.807) is 24.3 Å². The summed E-state index contributed by atoms with van der Waals surface area (Å²) in [4.78, 5) is 27.3. The van der Waals surface area contributed by atoms with Crippen LogP contribution < -0.4 is 10.6 Å². The molecule has 2 amide bonds. The molecule has 1 aromatic carbocycles. The van der Waals surface area contributed by atoms with Crippen molar-refractivity contribution < 1.29 is 14.3 Å². The second-order valence-electron chi connectivity index (χ2n) is 8.93. The number of ether oxygens (including phenoxy) is 1. The topological polar surface area (TPSA) is 70.7 Å². The average Bonchev–Trinajstić information content (AvgIpc) is 2.64. The highest BCUT2D eigenvalue weighted by atomic mass is 16.5. The minimum atomic E-state index is -0.486. The number of hydrogen-bond donors (Lipinski definition) is 2. The smallest absolute Gasteiger partial charge is 0.251 e. The van der Waals surface area contributed by atoms with Gasteiger partial charge in [0.25, 0.3) is 5.91 Å². The predicted molar refractivity (Wildman–Crippen MR) is 112 cm³/mol. The van der Waals surface area contributed by atoms with Crippen LogP contribution in [-0.4, -0.2) is 55.6 Å². The lowest BCUT2D eigenvalue weighted by molar-refractivity contribution is -0.123. The first-order valence-corrected chi connectivity index (χ1v) is 10.2. The van der Waals surface area contributed by atoms with E-state index in [-0.39, 0.29) is 11.8 Å². The van der Waals surface area contributed by atoms with E-state index in [2.05, 4.69) is 29.4 Å². The first-order chi connectivity index (χ1) is 13.2. The van der Waals surface area contributed by atoms with E-state index < -0.39 is 5.41 Å². The Morgan fingerprint density at radius 1 is 1.18 bits per heavy atom. The van der Waals surface area contributed by atoms with Gasteiger partial charge in [0.2, 0.25) is 5.91 Å².